The molecule has 1 saturated carbocycles. The minimum atomic E-state index is -0.566. The first-order valence-corrected chi connectivity index (χ1v) is 6.30. The first-order valence-electron chi connectivity index (χ1n) is 6.30. The molecule has 0 bridgehead atoms. The van der Waals surface area contributed by atoms with Crippen LogP contribution in [0.3, 0.4) is 0 Å². The summed E-state index contributed by atoms with van der Waals surface area (Å²) in [5, 5.41) is 13.9. The van der Waals surface area contributed by atoms with Crippen molar-refractivity contribution in [3.8, 4) is 0 Å². The van der Waals surface area contributed by atoms with Gasteiger partial charge in [0.25, 0.3) is 5.69 Å². The predicted octanol–water partition coefficient (Wildman–Crippen LogP) is 3.01. The van der Waals surface area contributed by atoms with Crippen LogP contribution in [-0.4, -0.2) is 11.5 Å². The highest BCUT2D eigenvalue weighted by Crippen LogP contribution is 2.24. The molecule has 1 aromatic rings. The lowest BCUT2D eigenvalue weighted by molar-refractivity contribution is -0.385. The zero-order chi connectivity index (χ0) is 13.0. The molecule has 0 heterocycles. The predicted molar refractivity (Wildman–Crippen MR) is 66.7 cm³/mol. The Labute approximate surface area is 105 Å². The highest BCUT2D eigenvalue weighted by atomic mass is 19.1. The van der Waals surface area contributed by atoms with E-state index in [9.17, 15) is 14.5 Å². The summed E-state index contributed by atoms with van der Waals surface area (Å²) in [4.78, 5) is 10.0. The van der Waals surface area contributed by atoms with Crippen molar-refractivity contribution >= 4 is 5.69 Å². The lowest BCUT2D eigenvalue weighted by Gasteiger charge is -2.10. The number of rotatable bonds is 5. The molecule has 18 heavy (non-hydrogen) atoms. The van der Waals surface area contributed by atoms with Crippen LogP contribution >= 0.6 is 0 Å². The molecule has 0 radical (unpaired) electrons. The van der Waals surface area contributed by atoms with Crippen molar-refractivity contribution in [2.24, 2.45) is 5.92 Å². The van der Waals surface area contributed by atoms with Crippen LogP contribution in [0.25, 0.3) is 0 Å². The maximum atomic E-state index is 13.2. The van der Waals surface area contributed by atoms with Crippen LogP contribution in [0.2, 0.25) is 0 Å². The monoisotopic (exact) mass is 252 g/mol. The van der Waals surface area contributed by atoms with Gasteiger partial charge < -0.3 is 5.32 Å². The van der Waals surface area contributed by atoms with Crippen LogP contribution in [-0.2, 0) is 6.54 Å². The number of nitro groups is 1. The van der Waals surface area contributed by atoms with E-state index in [1.54, 1.807) is 0 Å². The second kappa shape index (κ2) is 5.91. The fourth-order valence-electron chi connectivity index (χ4n) is 2.48. The van der Waals surface area contributed by atoms with Gasteiger partial charge in [-0.1, -0.05) is 12.8 Å². The van der Waals surface area contributed by atoms with Gasteiger partial charge in [-0.3, -0.25) is 10.1 Å². The van der Waals surface area contributed by atoms with Crippen molar-refractivity contribution in [2.45, 2.75) is 32.2 Å². The number of nitrogens with zero attached hydrogens (tertiary/aromatic N) is 1. The molecule has 0 atom stereocenters. The first-order chi connectivity index (χ1) is 8.65. The average molecular weight is 252 g/mol. The summed E-state index contributed by atoms with van der Waals surface area (Å²) in [6, 6.07) is 3.71. The second-order valence-electron chi connectivity index (χ2n) is 4.86. The van der Waals surface area contributed by atoms with Crippen molar-refractivity contribution in [1.82, 2.24) is 5.32 Å². The summed E-state index contributed by atoms with van der Waals surface area (Å²) in [5.41, 5.74) is 0.437. The van der Waals surface area contributed by atoms with Crippen molar-refractivity contribution in [2.75, 3.05) is 6.54 Å². The highest BCUT2D eigenvalue weighted by molar-refractivity contribution is 5.35. The summed E-state index contributed by atoms with van der Waals surface area (Å²) in [7, 11) is 0. The standard InChI is InChI=1S/C13H17FN2O2/c14-12-5-11(6-13(7-12)16(17)18)9-15-8-10-3-1-2-4-10/h5-7,10,15H,1-4,8-9H2. The molecule has 0 aromatic heterocycles. The van der Waals surface area contributed by atoms with E-state index in [0.29, 0.717) is 18.0 Å². The molecule has 1 aliphatic rings. The van der Waals surface area contributed by atoms with E-state index in [0.717, 1.165) is 12.6 Å². The third kappa shape index (κ3) is 3.50. The topological polar surface area (TPSA) is 55.2 Å². The van der Waals surface area contributed by atoms with Crippen molar-refractivity contribution in [3.63, 3.8) is 0 Å². The molecule has 1 fully saturated rings. The van der Waals surface area contributed by atoms with Crippen molar-refractivity contribution in [1.29, 1.82) is 0 Å². The molecule has 5 heteroatoms. The maximum Gasteiger partial charge on any atom is 0.272 e. The molecule has 0 spiro atoms. The van der Waals surface area contributed by atoms with Crippen LogP contribution < -0.4 is 5.32 Å². The van der Waals surface area contributed by atoms with E-state index in [1.165, 1.54) is 37.8 Å². The Balaban J connectivity index is 1.89. The number of hydrogen-bond acceptors (Lipinski definition) is 3. The highest BCUT2D eigenvalue weighted by Gasteiger charge is 2.14. The Morgan fingerprint density at radius 3 is 2.72 bits per heavy atom. The molecule has 2 rings (SSSR count). The molecule has 4 nitrogen and oxygen atoms in total. The summed E-state index contributed by atoms with van der Waals surface area (Å²) < 4.78 is 13.2. The van der Waals surface area contributed by atoms with Crippen LogP contribution in [0.1, 0.15) is 31.2 Å². The third-order valence-corrected chi connectivity index (χ3v) is 3.39. The van der Waals surface area contributed by atoms with E-state index in [4.69, 9.17) is 0 Å². The van der Waals surface area contributed by atoms with E-state index in [-0.39, 0.29) is 5.69 Å². The van der Waals surface area contributed by atoms with E-state index < -0.39 is 10.7 Å². The van der Waals surface area contributed by atoms with Gasteiger partial charge in [-0.25, -0.2) is 4.39 Å². The summed E-state index contributed by atoms with van der Waals surface area (Å²) in [6.07, 6.45) is 5.07. The Hall–Kier alpha value is -1.49. The molecule has 0 saturated heterocycles. The quantitative estimate of drug-likeness (QED) is 0.647. The zero-order valence-electron chi connectivity index (χ0n) is 10.2. The average Bonchev–Trinajstić information content (AvgIpc) is 2.81. The Morgan fingerprint density at radius 2 is 2.06 bits per heavy atom. The fraction of sp³-hybridized carbons (Fsp3) is 0.538. The van der Waals surface area contributed by atoms with E-state index >= 15 is 0 Å². The van der Waals surface area contributed by atoms with Gasteiger partial charge in [0.2, 0.25) is 0 Å². The summed E-state index contributed by atoms with van der Waals surface area (Å²) in [5.74, 6) is 0.149. The molecule has 1 N–H and O–H groups in total. The number of halogens is 1. The van der Waals surface area contributed by atoms with Gasteiger partial charge in [0.05, 0.1) is 11.0 Å². The normalized spacial score (nSPS) is 16.1. The largest absolute Gasteiger partial charge is 0.312 e. The lowest BCUT2D eigenvalue weighted by atomic mass is 10.1. The van der Waals surface area contributed by atoms with E-state index in [1.807, 2.05) is 0 Å². The Morgan fingerprint density at radius 1 is 1.33 bits per heavy atom. The van der Waals surface area contributed by atoms with Gasteiger partial charge in [-0.15, -0.1) is 0 Å². The number of benzene rings is 1. The first kappa shape index (κ1) is 13.0. The lowest BCUT2D eigenvalue weighted by Crippen LogP contribution is -2.20. The van der Waals surface area contributed by atoms with Crippen LogP contribution in [0.4, 0.5) is 10.1 Å². The number of non-ortho nitro benzene ring substituents is 1. The molecule has 0 amide bonds. The number of nitro benzene ring substituents is 1. The van der Waals surface area contributed by atoms with Crippen molar-refractivity contribution in [3.05, 3.63) is 39.7 Å². The molecule has 98 valence electrons. The number of hydrogen-bond donors (Lipinski definition) is 1. The summed E-state index contributed by atoms with van der Waals surface area (Å²) >= 11 is 0. The molecule has 1 aromatic carbocycles. The van der Waals surface area contributed by atoms with Gasteiger partial charge in [-0.05, 0) is 36.9 Å². The Bertz CT molecular complexity index is 431. The molecule has 0 aliphatic heterocycles. The molecule has 0 unspecified atom stereocenters. The zero-order valence-corrected chi connectivity index (χ0v) is 10.2. The number of nitrogens with one attached hydrogen (secondary N) is 1. The minimum absolute atomic E-state index is 0.187. The van der Waals surface area contributed by atoms with Gasteiger partial charge in [0.1, 0.15) is 5.82 Å². The SMILES string of the molecule is O=[N+]([O-])c1cc(F)cc(CNCC2CCCC2)c1. The summed E-state index contributed by atoms with van der Waals surface area (Å²) in [6.45, 7) is 1.39. The van der Waals surface area contributed by atoms with Gasteiger partial charge in [0.15, 0.2) is 0 Å². The molecule has 1 aliphatic carbocycles. The smallest absolute Gasteiger partial charge is 0.272 e. The fourth-order valence-corrected chi connectivity index (χ4v) is 2.48. The van der Waals surface area contributed by atoms with Crippen LogP contribution in [0.5, 0.6) is 0 Å². The van der Waals surface area contributed by atoms with Gasteiger partial charge >= 0.3 is 0 Å². The van der Waals surface area contributed by atoms with Crippen molar-refractivity contribution < 1.29 is 9.31 Å². The van der Waals surface area contributed by atoms with Gasteiger partial charge in [-0.2, -0.15) is 0 Å². The van der Waals surface area contributed by atoms with E-state index in [2.05, 4.69) is 5.32 Å². The van der Waals surface area contributed by atoms with Gasteiger partial charge in [0, 0.05) is 12.6 Å². The Kier molecular flexibility index (Phi) is 4.25. The molecular formula is C13H17FN2O2. The molecular weight excluding hydrogens is 235 g/mol. The maximum absolute atomic E-state index is 13.2. The van der Waals surface area contributed by atoms with Crippen LogP contribution in [0, 0.1) is 21.8 Å². The minimum Gasteiger partial charge on any atom is -0.312 e. The van der Waals surface area contributed by atoms with Crippen LogP contribution in [0.15, 0.2) is 18.2 Å². The second-order valence-corrected chi connectivity index (χ2v) is 4.86. The third-order valence-electron chi connectivity index (χ3n) is 3.39.